The van der Waals surface area contributed by atoms with E-state index < -0.39 is 12.0 Å². The highest BCUT2D eigenvalue weighted by molar-refractivity contribution is 5.96. The van der Waals surface area contributed by atoms with Gasteiger partial charge in [-0.3, -0.25) is 4.79 Å². The first kappa shape index (κ1) is 26.2. The van der Waals surface area contributed by atoms with E-state index in [-0.39, 0.29) is 25.7 Å². The van der Waals surface area contributed by atoms with Gasteiger partial charge in [0.15, 0.2) is 0 Å². The normalized spacial score (nSPS) is 14.5. The molecule has 1 aromatic heterocycles. The molecule has 1 saturated carbocycles. The Labute approximate surface area is 223 Å². The van der Waals surface area contributed by atoms with E-state index in [2.05, 4.69) is 9.88 Å². The zero-order valence-corrected chi connectivity index (χ0v) is 21.4. The molecule has 1 atom stereocenters. The summed E-state index contributed by atoms with van der Waals surface area (Å²) in [6.45, 7) is 0. The fraction of sp³-hybridized carbons (Fsp3) is 0.276. The monoisotopic (exact) mass is 518 g/mol. The number of benzene rings is 3. The van der Waals surface area contributed by atoms with Crippen LogP contribution in [0.15, 0.2) is 72.8 Å². The Kier molecular flexibility index (Phi) is 8.14. The number of hydrogen-bond acceptors (Lipinski definition) is 5. The third kappa shape index (κ3) is 5.47. The van der Waals surface area contributed by atoms with Crippen LogP contribution < -0.4 is 23.5 Å². The van der Waals surface area contributed by atoms with Crippen molar-refractivity contribution in [3.63, 3.8) is 0 Å². The first-order valence-electron chi connectivity index (χ1n) is 12.4. The van der Waals surface area contributed by atoms with Crippen molar-refractivity contribution in [2.45, 2.75) is 38.1 Å². The number of nitrogens with two attached hydrogens (primary N) is 1. The fourth-order valence-electron chi connectivity index (χ4n) is 5.23. The number of nitrogens with zero attached hydrogens (tertiary/aromatic N) is 2. The summed E-state index contributed by atoms with van der Waals surface area (Å²) in [7, 11) is 1.36. The van der Waals surface area contributed by atoms with Gasteiger partial charge in [0.05, 0.1) is 23.7 Å². The molecule has 1 aliphatic rings. The molecule has 0 bridgehead atoms. The first-order chi connectivity index (χ1) is 17.5. The topological polar surface area (TPSA) is 99.2 Å². The van der Waals surface area contributed by atoms with Gasteiger partial charge < -0.3 is 32.8 Å². The number of para-hydroxylation sites is 2. The number of amides is 1. The molecule has 1 aliphatic carbocycles. The van der Waals surface area contributed by atoms with E-state index in [0.29, 0.717) is 22.8 Å². The van der Waals surface area contributed by atoms with Crippen molar-refractivity contribution in [2.75, 3.05) is 18.2 Å². The average Bonchev–Trinajstić information content (AvgIpc) is 3.28. The largest absolute Gasteiger partial charge is 1.00 e. The highest BCUT2D eigenvalue weighted by Gasteiger charge is 2.34. The van der Waals surface area contributed by atoms with Crippen molar-refractivity contribution in [1.82, 2.24) is 9.55 Å². The van der Waals surface area contributed by atoms with Gasteiger partial charge in [-0.15, -0.1) is 0 Å². The van der Waals surface area contributed by atoms with Crippen LogP contribution in [0.5, 0.6) is 0 Å². The van der Waals surface area contributed by atoms with Crippen molar-refractivity contribution in [3.05, 3.63) is 78.4 Å². The third-order valence-electron chi connectivity index (χ3n) is 6.96. The van der Waals surface area contributed by atoms with Crippen LogP contribution in [-0.2, 0) is 9.53 Å². The second-order valence-corrected chi connectivity index (χ2v) is 9.32. The van der Waals surface area contributed by atoms with Crippen LogP contribution in [0.1, 0.15) is 49.9 Å². The summed E-state index contributed by atoms with van der Waals surface area (Å²) in [6.07, 6.45) is 5.34. The number of fused-ring (bicyclic) bond motifs is 1. The van der Waals surface area contributed by atoms with Crippen molar-refractivity contribution in [3.8, 4) is 11.4 Å². The Balaban J connectivity index is 0.00000200. The lowest BCUT2D eigenvalue weighted by molar-refractivity contribution is -0.121. The molecule has 7 nitrogen and oxygen atoms in total. The smallest absolute Gasteiger partial charge is 1.00 e. The van der Waals surface area contributed by atoms with Gasteiger partial charge in [-0.1, -0.05) is 49.6 Å². The Morgan fingerprint density at radius 3 is 2.46 bits per heavy atom. The SMILES string of the molecule is COC(=O)c1ccc(-c2nc3ccccc3n2C(C(=O)Nc2cccc(N)c2)C2CCCCC2)cc1.[Cl-].[H+]. The van der Waals surface area contributed by atoms with Crippen LogP contribution in [0.3, 0.4) is 0 Å². The maximum absolute atomic E-state index is 14.0. The van der Waals surface area contributed by atoms with Gasteiger partial charge in [-0.25, -0.2) is 9.78 Å². The van der Waals surface area contributed by atoms with E-state index in [1.807, 2.05) is 48.5 Å². The maximum Gasteiger partial charge on any atom is 1.00 e. The molecular weight excluding hydrogens is 488 g/mol. The lowest BCUT2D eigenvalue weighted by Gasteiger charge is -2.32. The summed E-state index contributed by atoms with van der Waals surface area (Å²) in [5, 5.41) is 3.11. The molecular formula is C29H31ClN4O3. The summed E-state index contributed by atoms with van der Waals surface area (Å²) in [5.41, 5.74) is 10.3. The summed E-state index contributed by atoms with van der Waals surface area (Å²) in [6, 6.07) is 21.9. The molecule has 37 heavy (non-hydrogen) atoms. The van der Waals surface area contributed by atoms with Gasteiger partial charge in [0.1, 0.15) is 11.9 Å². The number of halogens is 1. The summed E-state index contributed by atoms with van der Waals surface area (Å²) >= 11 is 0. The highest BCUT2D eigenvalue weighted by Crippen LogP contribution is 2.39. The van der Waals surface area contributed by atoms with E-state index in [9.17, 15) is 9.59 Å². The number of aromatic nitrogens is 2. The molecule has 3 N–H and O–H groups in total. The minimum atomic E-state index is -0.450. The summed E-state index contributed by atoms with van der Waals surface area (Å²) < 4.78 is 6.93. The van der Waals surface area contributed by atoms with Gasteiger partial charge in [0.25, 0.3) is 0 Å². The summed E-state index contributed by atoms with van der Waals surface area (Å²) in [4.78, 5) is 30.9. The van der Waals surface area contributed by atoms with Gasteiger partial charge >= 0.3 is 7.40 Å². The lowest BCUT2D eigenvalue weighted by atomic mass is 9.83. The number of esters is 1. The number of hydrogen-bond donors (Lipinski definition) is 2. The molecule has 3 aromatic carbocycles. The van der Waals surface area contributed by atoms with Crippen LogP contribution in [0.2, 0.25) is 0 Å². The van der Waals surface area contributed by atoms with E-state index in [1.165, 1.54) is 13.5 Å². The molecule has 0 saturated heterocycles. The molecule has 0 spiro atoms. The maximum atomic E-state index is 14.0. The van der Waals surface area contributed by atoms with Crippen LogP contribution in [0.25, 0.3) is 22.4 Å². The van der Waals surface area contributed by atoms with Crippen molar-refractivity contribution in [2.24, 2.45) is 5.92 Å². The predicted molar refractivity (Wildman–Crippen MR) is 143 cm³/mol. The second-order valence-electron chi connectivity index (χ2n) is 9.32. The van der Waals surface area contributed by atoms with E-state index in [1.54, 1.807) is 24.3 Å². The van der Waals surface area contributed by atoms with Crippen molar-refractivity contribution in [1.29, 1.82) is 0 Å². The Hall–Kier alpha value is -3.84. The minimum absolute atomic E-state index is 0. The molecule has 4 aromatic rings. The van der Waals surface area contributed by atoms with Gasteiger partial charge in [-0.05, 0) is 61.2 Å². The number of methoxy groups -OCH3 is 1. The Morgan fingerprint density at radius 1 is 1.03 bits per heavy atom. The summed E-state index contributed by atoms with van der Waals surface area (Å²) in [5.74, 6) is 0.399. The number of imidazole rings is 1. The van der Waals surface area contributed by atoms with Crippen molar-refractivity contribution < 1.29 is 28.2 Å². The van der Waals surface area contributed by atoms with Gasteiger partial charge in [0, 0.05) is 16.9 Å². The van der Waals surface area contributed by atoms with E-state index >= 15 is 0 Å². The third-order valence-corrected chi connectivity index (χ3v) is 6.96. The molecule has 1 fully saturated rings. The number of ether oxygens (including phenoxy) is 1. The van der Waals surface area contributed by atoms with E-state index in [4.69, 9.17) is 15.5 Å². The van der Waals surface area contributed by atoms with Gasteiger partial charge in [-0.2, -0.15) is 0 Å². The number of anilines is 2. The zero-order valence-electron chi connectivity index (χ0n) is 21.7. The molecule has 8 heteroatoms. The molecule has 5 rings (SSSR count). The molecule has 1 heterocycles. The molecule has 1 unspecified atom stereocenters. The standard InChI is InChI=1S/C29H30N4O3.ClH/c1-36-29(35)21-16-14-20(15-17-21)27-32-24-12-5-6-13-25(24)33(27)26(19-8-3-2-4-9-19)28(34)31-23-11-7-10-22(30)18-23;/h5-7,10-19,26H,2-4,8-9,30H2,1H3,(H,31,34);1H. The first-order valence-corrected chi connectivity index (χ1v) is 12.4. The lowest BCUT2D eigenvalue weighted by Crippen LogP contribution is -3.00. The molecule has 0 aliphatic heterocycles. The zero-order chi connectivity index (χ0) is 25.1. The van der Waals surface area contributed by atoms with E-state index in [0.717, 1.165) is 42.3 Å². The number of rotatable bonds is 6. The quantitative estimate of drug-likeness (QED) is 0.302. The number of carbonyl (C=O) groups excluding carboxylic acids is 2. The average molecular weight is 519 g/mol. The van der Waals surface area contributed by atoms with Crippen LogP contribution >= 0.6 is 0 Å². The van der Waals surface area contributed by atoms with Crippen LogP contribution in [0, 0.1) is 5.92 Å². The van der Waals surface area contributed by atoms with Gasteiger partial charge in [0.2, 0.25) is 5.91 Å². The fourth-order valence-corrected chi connectivity index (χ4v) is 5.23. The number of nitrogen functional groups attached to an aromatic ring is 1. The molecule has 1 amide bonds. The highest BCUT2D eigenvalue weighted by atomic mass is 35.5. The second kappa shape index (κ2) is 11.5. The molecule has 0 radical (unpaired) electrons. The molecule has 192 valence electrons. The predicted octanol–water partition coefficient (Wildman–Crippen LogP) is 2.95. The Morgan fingerprint density at radius 2 is 1.76 bits per heavy atom. The Bertz CT molecular complexity index is 1400. The van der Waals surface area contributed by atoms with Crippen LogP contribution in [-0.4, -0.2) is 28.5 Å². The van der Waals surface area contributed by atoms with Crippen LogP contribution in [0.4, 0.5) is 11.4 Å². The number of carbonyl (C=O) groups is 2. The van der Waals surface area contributed by atoms with Crippen molar-refractivity contribution >= 4 is 34.3 Å². The number of nitrogens with one attached hydrogen (secondary N) is 1. The minimum Gasteiger partial charge on any atom is -1.00 e.